The third-order valence-corrected chi connectivity index (χ3v) is 5.11. The highest BCUT2D eigenvalue weighted by atomic mass is 16.2. The minimum absolute atomic E-state index is 0.0726. The molecule has 0 radical (unpaired) electrons. The molecule has 2 heterocycles. The number of hydrogen-bond acceptors (Lipinski definition) is 3. The fourth-order valence-corrected chi connectivity index (χ4v) is 3.55. The molecule has 1 N–H and O–H groups in total. The van der Waals surface area contributed by atoms with Crippen LogP contribution in [0.5, 0.6) is 0 Å². The van der Waals surface area contributed by atoms with Crippen LogP contribution in [-0.4, -0.2) is 25.5 Å². The van der Waals surface area contributed by atoms with Crippen LogP contribution in [0.3, 0.4) is 0 Å². The Morgan fingerprint density at radius 3 is 2.64 bits per heavy atom. The van der Waals surface area contributed by atoms with Crippen molar-refractivity contribution in [3.8, 4) is 5.69 Å². The average molecular weight is 373 g/mol. The van der Waals surface area contributed by atoms with Crippen LogP contribution in [0.1, 0.15) is 29.9 Å². The molecule has 0 saturated carbocycles. The zero-order valence-corrected chi connectivity index (χ0v) is 16.3. The van der Waals surface area contributed by atoms with Crippen molar-refractivity contribution in [1.29, 1.82) is 0 Å². The van der Waals surface area contributed by atoms with E-state index in [4.69, 9.17) is 0 Å². The average Bonchev–Trinajstić information content (AvgIpc) is 3.27. The first-order valence-electron chi connectivity index (χ1n) is 9.35. The lowest BCUT2D eigenvalue weighted by Gasteiger charge is -2.15. The number of fused-ring (bicyclic) bond motifs is 1. The zero-order chi connectivity index (χ0) is 19.7. The summed E-state index contributed by atoms with van der Waals surface area (Å²) in [6, 6.07) is 16.2. The smallest absolute Gasteiger partial charge is 0.242 e. The fraction of sp³-hybridized carbons (Fsp3) is 0.227. The molecular formula is C22H23N5O. The van der Waals surface area contributed by atoms with Gasteiger partial charge in [0.15, 0.2) is 0 Å². The Bertz CT molecular complexity index is 1140. The first-order valence-corrected chi connectivity index (χ1v) is 9.35. The van der Waals surface area contributed by atoms with Gasteiger partial charge in [0.25, 0.3) is 0 Å². The SMILES string of the molecule is Cc1ccnn1CC(=O)NC(C)c1cnn(-c2cccc3ccccc23)c1C. The minimum atomic E-state index is -0.146. The van der Waals surface area contributed by atoms with Gasteiger partial charge in [-0.25, -0.2) is 4.68 Å². The van der Waals surface area contributed by atoms with Gasteiger partial charge >= 0.3 is 0 Å². The highest BCUT2D eigenvalue weighted by molar-refractivity contribution is 5.90. The number of nitrogens with zero attached hydrogens (tertiary/aromatic N) is 4. The van der Waals surface area contributed by atoms with Gasteiger partial charge in [0, 0.05) is 28.5 Å². The molecule has 0 fully saturated rings. The van der Waals surface area contributed by atoms with E-state index >= 15 is 0 Å². The number of carbonyl (C=O) groups is 1. The van der Waals surface area contributed by atoms with Crippen molar-refractivity contribution in [3.63, 3.8) is 0 Å². The van der Waals surface area contributed by atoms with Crippen LogP contribution in [0.4, 0.5) is 0 Å². The van der Waals surface area contributed by atoms with Gasteiger partial charge in [-0.15, -0.1) is 0 Å². The molecule has 1 unspecified atom stereocenters. The van der Waals surface area contributed by atoms with E-state index in [-0.39, 0.29) is 18.5 Å². The van der Waals surface area contributed by atoms with Crippen molar-refractivity contribution in [1.82, 2.24) is 24.9 Å². The second-order valence-corrected chi connectivity index (χ2v) is 7.01. The maximum Gasteiger partial charge on any atom is 0.242 e. The minimum Gasteiger partial charge on any atom is -0.348 e. The van der Waals surface area contributed by atoms with E-state index in [0.29, 0.717) is 0 Å². The van der Waals surface area contributed by atoms with Crippen molar-refractivity contribution in [2.24, 2.45) is 0 Å². The number of hydrogen-bond donors (Lipinski definition) is 1. The van der Waals surface area contributed by atoms with Gasteiger partial charge in [0.2, 0.25) is 5.91 Å². The summed E-state index contributed by atoms with van der Waals surface area (Å²) in [6.07, 6.45) is 3.53. The predicted molar refractivity (Wildman–Crippen MR) is 109 cm³/mol. The summed E-state index contributed by atoms with van der Waals surface area (Å²) in [5.41, 5.74) is 4.01. The van der Waals surface area contributed by atoms with E-state index in [9.17, 15) is 4.79 Å². The zero-order valence-electron chi connectivity index (χ0n) is 16.3. The number of benzene rings is 2. The normalized spacial score (nSPS) is 12.2. The lowest BCUT2D eigenvalue weighted by molar-refractivity contribution is -0.122. The summed E-state index contributed by atoms with van der Waals surface area (Å²) in [6.45, 7) is 6.15. The molecule has 0 saturated heterocycles. The third-order valence-electron chi connectivity index (χ3n) is 5.11. The van der Waals surface area contributed by atoms with Crippen LogP contribution in [-0.2, 0) is 11.3 Å². The number of carbonyl (C=O) groups excluding carboxylic acids is 1. The number of aryl methyl sites for hydroxylation is 1. The largest absolute Gasteiger partial charge is 0.348 e. The Kier molecular flexibility index (Phi) is 4.69. The molecule has 6 heteroatoms. The molecule has 0 spiro atoms. The second kappa shape index (κ2) is 7.31. The lowest BCUT2D eigenvalue weighted by atomic mass is 10.1. The fourth-order valence-electron chi connectivity index (χ4n) is 3.55. The molecule has 4 aromatic rings. The van der Waals surface area contributed by atoms with E-state index in [2.05, 4.69) is 39.8 Å². The molecular weight excluding hydrogens is 350 g/mol. The van der Waals surface area contributed by atoms with Crippen molar-refractivity contribution >= 4 is 16.7 Å². The van der Waals surface area contributed by atoms with Crippen LogP contribution in [0.2, 0.25) is 0 Å². The summed E-state index contributed by atoms with van der Waals surface area (Å²) in [5, 5.41) is 14.1. The van der Waals surface area contributed by atoms with E-state index in [1.807, 2.05) is 55.9 Å². The molecule has 2 aromatic heterocycles. The highest BCUT2D eigenvalue weighted by Gasteiger charge is 2.17. The van der Waals surface area contributed by atoms with Crippen LogP contribution in [0.15, 0.2) is 60.9 Å². The quantitative estimate of drug-likeness (QED) is 0.580. The molecule has 1 amide bonds. The molecule has 4 rings (SSSR count). The number of amides is 1. The van der Waals surface area contributed by atoms with Crippen molar-refractivity contribution in [2.75, 3.05) is 0 Å². The number of aromatic nitrogens is 4. The summed E-state index contributed by atoms with van der Waals surface area (Å²) < 4.78 is 3.63. The number of rotatable bonds is 5. The van der Waals surface area contributed by atoms with Gasteiger partial charge in [-0.3, -0.25) is 9.48 Å². The van der Waals surface area contributed by atoms with Crippen LogP contribution >= 0.6 is 0 Å². The first-order chi connectivity index (χ1) is 13.5. The standard InChI is InChI=1S/C22H23N5O/c1-15-11-12-23-26(15)14-22(28)25-16(2)20-13-24-27(17(20)3)21-10-6-8-18-7-4-5-9-19(18)21/h4-13,16H,14H2,1-3H3,(H,25,28). The molecule has 1 atom stereocenters. The molecule has 0 aliphatic rings. The molecule has 0 aliphatic carbocycles. The summed E-state index contributed by atoms with van der Waals surface area (Å²) >= 11 is 0. The third kappa shape index (κ3) is 3.29. The Labute approximate surface area is 163 Å². The Morgan fingerprint density at radius 1 is 1.07 bits per heavy atom. The van der Waals surface area contributed by atoms with Gasteiger partial charge in [0.1, 0.15) is 6.54 Å². The number of nitrogens with one attached hydrogen (secondary N) is 1. The summed E-state index contributed by atoms with van der Waals surface area (Å²) in [7, 11) is 0. The lowest BCUT2D eigenvalue weighted by Crippen LogP contribution is -2.31. The van der Waals surface area contributed by atoms with Gasteiger partial charge < -0.3 is 5.32 Å². The summed E-state index contributed by atoms with van der Waals surface area (Å²) in [4.78, 5) is 12.4. The van der Waals surface area contributed by atoms with Gasteiger partial charge in [0.05, 0.1) is 17.9 Å². The van der Waals surface area contributed by atoms with Crippen LogP contribution < -0.4 is 5.32 Å². The summed E-state index contributed by atoms with van der Waals surface area (Å²) in [5.74, 6) is -0.0726. The molecule has 0 aliphatic heterocycles. The van der Waals surface area contributed by atoms with Gasteiger partial charge in [-0.2, -0.15) is 10.2 Å². The van der Waals surface area contributed by atoms with Crippen LogP contribution in [0, 0.1) is 13.8 Å². The maximum absolute atomic E-state index is 12.4. The topological polar surface area (TPSA) is 64.7 Å². The van der Waals surface area contributed by atoms with E-state index in [1.165, 1.54) is 5.39 Å². The van der Waals surface area contributed by atoms with Crippen molar-refractivity contribution in [2.45, 2.75) is 33.4 Å². The predicted octanol–water partition coefficient (Wildman–Crippen LogP) is 3.72. The molecule has 6 nitrogen and oxygen atoms in total. The molecule has 2 aromatic carbocycles. The maximum atomic E-state index is 12.4. The Balaban J connectivity index is 1.58. The Hall–Kier alpha value is -3.41. The van der Waals surface area contributed by atoms with Gasteiger partial charge in [-0.1, -0.05) is 36.4 Å². The van der Waals surface area contributed by atoms with Crippen molar-refractivity contribution < 1.29 is 4.79 Å². The highest BCUT2D eigenvalue weighted by Crippen LogP contribution is 2.25. The second-order valence-electron chi connectivity index (χ2n) is 7.01. The van der Waals surface area contributed by atoms with Crippen molar-refractivity contribution in [3.05, 3.63) is 77.9 Å². The molecule has 0 bridgehead atoms. The van der Waals surface area contributed by atoms with Gasteiger partial charge in [-0.05, 0) is 38.3 Å². The Morgan fingerprint density at radius 2 is 1.86 bits per heavy atom. The van der Waals surface area contributed by atoms with E-state index in [1.54, 1.807) is 10.9 Å². The first kappa shape index (κ1) is 18.0. The molecule has 28 heavy (non-hydrogen) atoms. The van der Waals surface area contributed by atoms with Crippen LogP contribution in [0.25, 0.3) is 16.5 Å². The van der Waals surface area contributed by atoms with E-state index in [0.717, 1.165) is 28.0 Å². The molecule has 142 valence electrons. The van der Waals surface area contributed by atoms with E-state index < -0.39 is 0 Å². The monoisotopic (exact) mass is 373 g/mol.